The summed E-state index contributed by atoms with van der Waals surface area (Å²) in [4.78, 5) is 0. The van der Waals surface area contributed by atoms with Crippen LogP contribution < -0.4 is 5.32 Å². The Labute approximate surface area is 114 Å². The zero-order valence-corrected chi connectivity index (χ0v) is 12.8. The lowest BCUT2D eigenvalue weighted by Crippen LogP contribution is -2.13. The number of nitrogens with one attached hydrogen (secondary N) is 1. The topological polar surface area (TPSA) is 12.0 Å². The number of aryl methyl sites for hydroxylation is 1. The molecule has 0 fully saturated rings. The second-order valence-corrected chi connectivity index (χ2v) is 5.73. The van der Waals surface area contributed by atoms with E-state index in [9.17, 15) is 0 Å². The van der Waals surface area contributed by atoms with Crippen molar-refractivity contribution in [3.63, 3.8) is 0 Å². The van der Waals surface area contributed by atoms with Crippen molar-refractivity contribution in [1.82, 2.24) is 0 Å². The Balaban J connectivity index is 2.47. The van der Waals surface area contributed by atoms with Gasteiger partial charge < -0.3 is 5.32 Å². The highest BCUT2D eigenvalue weighted by Crippen LogP contribution is 2.20. The maximum absolute atomic E-state index is 3.56. The molecule has 0 amide bonds. The van der Waals surface area contributed by atoms with Gasteiger partial charge in [-0.1, -0.05) is 49.0 Å². The van der Waals surface area contributed by atoms with Gasteiger partial charge in [0.1, 0.15) is 0 Å². The first kappa shape index (κ1) is 14.6. The molecule has 0 spiro atoms. The number of rotatable bonds is 7. The zero-order chi connectivity index (χ0) is 12.7. The Morgan fingerprint density at radius 3 is 2.59 bits per heavy atom. The summed E-state index contributed by atoms with van der Waals surface area (Å²) in [6.45, 7) is 7.77. The van der Waals surface area contributed by atoms with Crippen LogP contribution in [0.15, 0.2) is 22.7 Å². The summed E-state index contributed by atoms with van der Waals surface area (Å²) in [7, 11) is 0. The minimum atomic E-state index is 0.800. The summed E-state index contributed by atoms with van der Waals surface area (Å²) in [5.41, 5.74) is 2.52. The Morgan fingerprint density at radius 1 is 1.24 bits per heavy atom. The molecule has 0 heterocycles. The van der Waals surface area contributed by atoms with Crippen LogP contribution in [0.25, 0.3) is 0 Å². The van der Waals surface area contributed by atoms with Gasteiger partial charge in [-0.05, 0) is 43.0 Å². The summed E-state index contributed by atoms with van der Waals surface area (Å²) in [6, 6.07) is 6.50. The van der Waals surface area contributed by atoms with E-state index in [1.54, 1.807) is 0 Å². The molecule has 2 heteroatoms. The molecule has 0 saturated carbocycles. The van der Waals surface area contributed by atoms with Gasteiger partial charge in [-0.2, -0.15) is 0 Å². The molecule has 0 aliphatic rings. The van der Waals surface area contributed by atoms with Crippen molar-refractivity contribution in [1.29, 1.82) is 0 Å². The van der Waals surface area contributed by atoms with Gasteiger partial charge in [-0.25, -0.2) is 0 Å². The molecule has 0 saturated heterocycles. The zero-order valence-electron chi connectivity index (χ0n) is 11.2. The lowest BCUT2D eigenvalue weighted by Gasteiger charge is -2.16. The van der Waals surface area contributed by atoms with Crippen molar-refractivity contribution in [2.45, 2.75) is 46.5 Å². The van der Waals surface area contributed by atoms with E-state index >= 15 is 0 Å². The van der Waals surface area contributed by atoms with Crippen LogP contribution in [0.4, 0.5) is 5.69 Å². The van der Waals surface area contributed by atoms with Crippen LogP contribution in [-0.4, -0.2) is 6.54 Å². The molecular weight excluding hydrogens is 274 g/mol. The number of halogens is 1. The monoisotopic (exact) mass is 297 g/mol. The van der Waals surface area contributed by atoms with Crippen molar-refractivity contribution < 1.29 is 0 Å². The summed E-state index contributed by atoms with van der Waals surface area (Å²) >= 11 is 3.54. The van der Waals surface area contributed by atoms with Crippen molar-refractivity contribution in [2.75, 3.05) is 11.9 Å². The van der Waals surface area contributed by atoms with Gasteiger partial charge in [0.25, 0.3) is 0 Å². The van der Waals surface area contributed by atoms with Crippen molar-refractivity contribution in [2.24, 2.45) is 5.92 Å². The average molecular weight is 298 g/mol. The normalized spacial score (nSPS) is 12.5. The first-order chi connectivity index (χ1) is 8.15. The first-order valence-electron chi connectivity index (χ1n) is 6.66. The van der Waals surface area contributed by atoms with Crippen LogP contribution in [0.3, 0.4) is 0 Å². The molecule has 1 atom stereocenters. The minimum absolute atomic E-state index is 0.800. The Bertz CT molecular complexity index is 315. The summed E-state index contributed by atoms with van der Waals surface area (Å²) < 4.78 is 1.15. The van der Waals surface area contributed by atoms with Crippen LogP contribution in [0.5, 0.6) is 0 Å². The van der Waals surface area contributed by atoms with E-state index in [1.807, 2.05) is 0 Å². The fourth-order valence-electron chi connectivity index (χ4n) is 2.04. The quantitative estimate of drug-likeness (QED) is 0.712. The van der Waals surface area contributed by atoms with Gasteiger partial charge in [0, 0.05) is 16.7 Å². The highest BCUT2D eigenvalue weighted by atomic mass is 79.9. The van der Waals surface area contributed by atoms with Crippen LogP contribution in [-0.2, 0) is 0 Å². The molecule has 0 bridgehead atoms. The maximum atomic E-state index is 3.56. The second-order valence-electron chi connectivity index (χ2n) is 4.81. The van der Waals surface area contributed by atoms with E-state index < -0.39 is 0 Å². The van der Waals surface area contributed by atoms with E-state index in [0.29, 0.717) is 0 Å². The number of anilines is 1. The SMILES string of the molecule is CCCCC(CC)CNc1cc(C)cc(Br)c1. The molecule has 1 unspecified atom stereocenters. The molecule has 1 aromatic carbocycles. The third-order valence-corrected chi connectivity index (χ3v) is 3.64. The van der Waals surface area contributed by atoms with E-state index in [0.717, 1.165) is 16.9 Å². The van der Waals surface area contributed by atoms with E-state index in [4.69, 9.17) is 0 Å². The van der Waals surface area contributed by atoms with Crippen LogP contribution in [0.2, 0.25) is 0 Å². The van der Waals surface area contributed by atoms with Crippen molar-refractivity contribution in [3.8, 4) is 0 Å². The molecule has 0 aliphatic carbocycles. The standard InChI is InChI=1S/C15H24BrN/c1-4-6-7-13(5-2)11-17-15-9-12(3)8-14(16)10-15/h8-10,13,17H,4-7,11H2,1-3H3. The molecular formula is C15H24BrN. The smallest absolute Gasteiger partial charge is 0.0354 e. The number of unbranched alkanes of at least 4 members (excludes halogenated alkanes) is 1. The van der Waals surface area contributed by atoms with E-state index in [2.05, 4.69) is 60.2 Å². The van der Waals surface area contributed by atoms with E-state index in [-0.39, 0.29) is 0 Å². The molecule has 0 aromatic heterocycles. The minimum Gasteiger partial charge on any atom is -0.385 e. The number of hydrogen-bond acceptors (Lipinski definition) is 1. The highest BCUT2D eigenvalue weighted by molar-refractivity contribution is 9.10. The van der Waals surface area contributed by atoms with Gasteiger partial charge in [-0.3, -0.25) is 0 Å². The molecule has 0 aliphatic heterocycles. The fraction of sp³-hybridized carbons (Fsp3) is 0.600. The van der Waals surface area contributed by atoms with Gasteiger partial charge in [0.2, 0.25) is 0 Å². The number of benzene rings is 1. The molecule has 1 aromatic rings. The van der Waals surface area contributed by atoms with Crippen molar-refractivity contribution in [3.05, 3.63) is 28.2 Å². The molecule has 1 nitrogen and oxygen atoms in total. The average Bonchev–Trinajstić information content (AvgIpc) is 2.28. The summed E-state index contributed by atoms with van der Waals surface area (Å²) in [5, 5.41) is 3.56. The second kappa shape index (κ2) is 7.75. The molecule has 1 N–H and O–H groups in total. The predicted molar refractivity (Wildman–Crippen MR) is 80.7 cm³/mol. The third kappa shape index (κ3) is 5.58. The fourth-order valence-corrected chi connectivity index (χ4v) is 2.65. The Kier molecular flexibility index (Phi) is 6.64. The van der Waals surface area contributed by atoms with Gasteiger partial charge >= 0.3 is 0 Å². The lowest BCUT2D eigenvalue weighted by molar-refractivity contribution is 0.473. The summed E-state index contributed by atoms with van der Waals surface area (Å²) in [6.07, 6.45) is 5.25. The van der Waals surface area contributed by atoms with Crippen LogP contribution >= 0.6 is 15.9 Å². The summed E-state index contributed by atoms with van der Waals surface area (Å²) in [5.74, 6) is 0.800. The Morgan fingerprint density at radius 2 is 2.00 bits per heavy atom. The predicted octanol–water partition coefficient (Wildman–Crippen LogP) is 5.39. The number of hydrogen-bond donors (Lipinski definition) is 1. The lowest BCUT2D eigenvalue weighted by atomic mass is 9.99. The van der Waals surface area contributed by atoms with Gasteiger partial charge in [0.05, 0.1) is 0 Å². The molecule has 17 heavy (non-hydrogen) atoms. The molecule has 1 rings (SSSR count). The highest BCUT2D eigenvalue weighted by Gasteiger charge is 2.05. The Hall–Kier alpha value is -0.500. The first-order valence-corrected chi connectivity index (χ1v) is 7.46. The van der Waals surface area contributed by atoms with Crippen molar-refractivity contribution >= 4 is 21.6 Å². The third-order valence-electron chi connectivity index (χ3n) is 3.18. The van der Waals surface area contributed by atoms with Gasteiger partial charge in [0.15, 0.2) is 0 Å². The van der Waals surface area contributed by atoms with Crippen LogP contribution in [0, 0.1) is 12.8 Å². The maximum Gasteiger partial charge on any atom is 0.0354 e. The van der Waals surface area contributed by atoms with Crippen LogP contribution in [0.1, 0.15) is 45.1 Å². The van der Waals surface area contributed by atoms with Gasteiger partial charge in [-0.15, -0.1) is 0 Å². The largest absolute Gasteiger partial charge is 0.385 e. The van der Waals surface area contributed by atoms with E-state index in [1.165, 1.54) is 36.9 Å². The molecule has 0 radical (unpaired) electrons. The molecule has 96 valence electrons.